The molecule has 2 N–H and O–H groups in total. The molecule has 118 valence electrons. The Morgan fingerprint density at radius 1 is 1.20 bits per heavy atom. The lowest BCUT2D eigenvalue weighted by Gasteiger charge is -2.31. The second-order valence-corrected chi connectivity index (χ2v) is 7.72. The summed E-state index contributed by atoms with van der Waals surface area (Å²) in [6.07, 6.45) is 2.71. The van der Waals surface area contributed by atoms with Crippen molar-refractivity contribution in [2.75, 3.05) is 33.4 Å². The Balaban J connectivity index is 1.75. The van der Waals surface area contributed by atoms with Crippen LogP contribution in [0, 0.1) is 11.8 Å². The van der Waals surface area contributed by atoms with Crippen LogP contribution in [-0.2, 0) is 9.47 Å². The zero-order valence-corrected chi connectivity index (χ0v) is 13.8. The molecule has 20 heavy (non-hydrogen) atoms. The molecule has 2 atom stereocenters. The molecule has 1 heterocycles. The number of nitrogens with zero attached hydrogens (tertiary/aromatic N) is 1. The van der Waals surface area contributed by atoms with Gasteiger partial charge >= 0.3 is 0 Å². The lowest BCUT2D eigenvalue weighted by atomic mass is 9.83. The summed E-state index contributed by atoms with van der Waals surface area (Å²) in [6.45, 7) is 12.2. The van der Waals surface area contributed by atoms with Crippen LogP contribution in [0.5, 0.6) is 0 Å². The van der Waals surface area contributed by atoms with Crippen LogP contribution in [0.3, 0.4) is 0 Å². The Morgan fingerprint density at radius 3 is 2.35 bits per heavy atom. The smallest absolute Gasteiger partial charge is 0.0788 e. The van der Waals surface area contributed by atoms with Gasteiger partial charge in [-0.15, -0.1) is 0 Å². The summed E-state index contributed by atoms with van der Waals surface area (Å²) >= 11 is 0. The van der Waals surface area contributed by atoms with Gasteiger partial charge in [-0.2, -0.15) is 0 Å². The van der Waals surface area contributed by atoms with Crippen molar-refractivity contribution in [3.05, 3.63) is 0 Å². The molecule has 2 rings (SSSR count). The first-order valence-corrected chi connectivity index (χ1v) is 7.94. The molecule has 0 aromatic rings. The summed E-state index contributed by atoms with van der Waals surface area (Å²) in [5.41, 5.74) is 6.00. The highest BCUT2D eigenvalue weighted by Crippen LogP contribution is 2.41. The molecule has 2 aliphatic rings. The summed E-state index contributed by atoms with van der Waals surface area (Å²) in [7, 11) is 2.15. The first-order valence-electron chi connectivity index (χ1n) is 7.94. The van der Waals surface area contributed by atoms with E-state index < -0.39 is 0 Å². The monoisotopic (exact) mass is 284 g/mol. The van der Waals surface area contributed by atoms with Crippen LogP contribution in [0.15, 0.2) is 0 Å². The van der Waals surface area contributed by atoms with Gasteiger partial charge in [0, 0.05) is 31.7 Å². The second kappa shape index (κ2) is 5.91. The Labute approximate surface area is 124 Å². The van der Waals surface area contributed by atoms with Gasteiger partial charge in [-0.05, 0) is 53.5 Å². The maximum atomic E-state index is 6.40. The molecule has 0 radical (unpaired) electrons. The van der Waals surface area contributed by atoms with Gasteiger partial charge in [-0.3, -0.25) is 0 Å². The summed E-state index contributed by atoms with van der Waals surface area (Å²) < 4.78 is 11.9. The molecular formula is C16H32N2O2. The highest BCUT2D eigenvalue weighted by Gasteiger charge is 2.52. The van der Waals surface area contributed by atoms with Crippen molar-refractivity contribution in [2.24, 2.45) is 17.6 Å². The second-order valence-electron chi connectivity index (χ2n) is 7.72. The minimum Gasteiger partial charge on any atom is -0.380 e. The van der Waals surface area contributed by atoms with E-state index in [9.17, 15) is 0 Å². The number of rotatable bonds is 7. The lowest BCUT2D eigenvalue weighted by Crippen LogP contribution is -2.47. The van der Waals surface area contributed by atoms with E-state index in [1.165, 1.54) is 12.8 Å². The van der Waals surface area contributed by atoms with E-state index in [0.717, 1.165) is 32.2 Å². The third kappa shape index (κ3) is 3.94. The molecule has 0 amide bonds. The molecule has 2 fully saturated rings. The number of likely N-dealkylation sites (N-methyl/N-ethyl adjacent to an activating group) is 1. The van der Waals surface area contributed by atoms with Crippen LogP contribution in [0.25, 0.3) is 0 Å². The zero-order valence-electron chi connectivity index (χ0n) is 13.8. The molecule has 0 aromatic carbocycles. The van der Waals surface area contributed by atoms with Crippen LogP contribution in [-0.4, -0.2) is 55.5 Å². The SMILES string of the molecule is CN(CCOCC1CC1)CC1C(N)C(C)(C)OC1(C)C. The van der Waals surface area contributed by atoms with E-state index >= 15 is 0 Å². The Hall–Kier alpha value is -0.160. The van der Waals surface area contributed by atoms with Gasteiger partial charge in [0.2, 0.25) is 0 Å². The average molecular weight is 284 g/mol. The first-order chi connectivity index (χ1) is 9.22. The van der Waals surface area contributed by atoms with Crippen molar-refractivity contribution in [2.45, 2.75) is 57.8 Å². The Bertz CT molecular complexity index is 326. The molecule has 4 heteroatoms. The van der Waals surface area contributed by atoms with Gasteiger partial charge in [-0.1, -0.05) is 0 Å². The van der Waals surface area contributed by atoms with Crippen LogP contribution in [0.1, 0.15) is 40.5 Å². The Kier molecular flexibility index (Phi) is 4.80. The van der Waals surface area contributed by atoms with E-state index in [1.54, 1.807) is 0 Å². The quantitative estimate of drug-likeness (QED) is 0.725. The average Bonchev–Trinajstić information content (AvgIpc) is 3.10. The predicted octanol–water partition coefficient (Wildman–Crippen LogP) is 1.88. The van der Waals surface area contributed by atoms with Crippen LogP contribution in [0.4, 0.5) is 0 Å². The van der Waals surface area contributed by atoms with E-state index in [0.29, 0.717) is 5.92 Å². The van der Waals surface area contributed by atoms with Gasteiger partial charge in [0.1, 0.15) is 0 Å². The number of ether oxygens (including phenoxy) is 2. The normalized spacial score (nSPS) is 31.9. The minimum atomic E-state index is -0.239. The standard InChI is InChI=1S/C16H32N2O2/c1-15(2)13(14(17)16(3,4)20-15)10-18(5)8-9-19-11-12-6-7-12/h12-14H,6-11,17H2,1-5H3. The number of hydrogen-bond donors (Lipinski definition) is 1. The fraction of sp³-hybridized carbons (Fsp3) is 1.00. The first kappa shape index (κ1) is 16.2. The van der Waals surface area contributed by atoms with Crippen LogP contribution < -0.4 is 5.73 Å². The molecule has 1 aliphatic heterocycles. The van der Waals surface area contributed by atoms with Crippen molar-refractivity contribution < 1.29 is 9.47 Å². The fourth-order valence-electron chi connectivity index (χ4n) is 3.25. The number of hydrogen-bond acceptors (Lipinski definition) is 4. The summed E-state index contributed by atoms with van der Waals surface area (Å²) in [4.78, 5) is 2.32. The third-order valence-corrected chi connectivity index (χ3v) is 4.83. The van der Waals surface area contributed by atoms with Gasteiger partial charge < -0.3 is 20.1 Å². The van der Waals surface area contributed by atoms with Gasteiger partial charge in [0.15, 0.2) is 0 Å². The molecule has 1 saturated heterocycles. The topological polar surface area (TPSA) is 47.7 Å². The molecule has 0 bridgehead atoms. The zero-order chi connectivity index (χ0) is 15.0. The van der Waals surface area contributed by atoms with Gasteiger partial charge in [-0.25, -0.2) is 0 Å². The predicted molar refractivity (Wildman–Crippen MR) is 81.7 cm³/mol. The van der Waals surface area contributed by atoms with Crippen molar-refractivity contribution >= 4 is 0 Å². The molecule has 0 aromatic heterocycles. The molecule has 4 nitrogen and oxygen atoms in total. The maximum absolute atomic E-state index is 6.40. The van der Waals surface area contributed by atoms with E-state index in [4.69, 9.17) is 15.2 Å². The highest BCUT2D eigenvalue weighted by molar-refractivity contribution is 5.04. The third-order valence-electron chi connectivity index (χ3n) is 4.83. The fourth-order valence-corrected chi connectivity index (χ4v) is 3.25. The summed E-state index contributed by atoms with van der Waals surface area (Å²) in [5.74, 6) is 1.20. The van der Waals surface area contributed by atoms with Crippen LogP contribution in [0.2, 0.25) is 0 Å². The summed E-state index contributed by atoms with van der Waals surface area (Å²) in [6, 6.07) is 0.0762. The van der Waals surface area contributed by atoms with Crippen molar-refractivity contribution in [1.29, 1.82) is 0 Å². The van der Waals surface area contributed by atoms with E-state index in [1.807, 2.05) is 0 Å². The van der Waals surface area contributed by atoms with E-state index in [2.05, 4.69) is 39.6 Å². The molecule has 1 saturated carbocycles. The Morgan fingerprint density at radius 2 is 1.85 bits per heavy atom. The number of nitrogens with two attached hydrogens (primary N) is 1. The highest BCUT2D eigenvalue weighted by atomic mass is 16.5. The largest absolute Gasteiger partial charge is 0.380 e. The summed E-state index contributed by atoms with van der Waals surface area (Å²) in [5, 5.41) is 0. The molecule has 1 aliphatic carbocycles. The van der Waals surface area contributed by atoms with Crippen LogP contribution >= 0.6 is 0 Å². The van der Waals surface area contributed by atoms with Crippen molar-refractivity contribution in [3.8, 4) is 0 Å². The molecule has 2 unspecified atom stereocenters. The maximum Gasteiger partial charge on any atom is 0.0788 e. The van der Waals surface area contributed by atoms with E-state index in [-0.39, 0.29) is 17.2 Å². The molecule has 0 spiro atoms. The van der Waals surface area contributed by atoms with Gasteiger partial charge in [0.25, 0.3) is 0 Å². The lowest BCUT2D eigenvalue weighted by molar-refractivity contribution is -0.0783. The molecular weight excluding hydrogens is 252 g/mol. The minimum absolute atomic E-state index is 0.0762. The van der Waals surface area contributed by atoms with Gasteiger partial charge in [0.05, 0.1) is 17.8 Å². The van der Waals surface area contributed by atoms with Crippen molar-refractivity contribution in [1.82, 2.24) is 4.90 Å². The van der Waals surface area contributed by atoms with Crippen molar-refractivity contribution in [3.63, 3.8) is 0 Å².